The number of halogens is 2. The molecule has 3 nitrogen and oxygen atoms in total. The summed E-state index contributed by atoms with van der Waals surface area (Å²) in [4.78, 5) is 13.7. The predicted octanol–water partition coefficient (Wildman–Crippen LogP) is 2.87. The second-order valence-electron chi connectivity index (χ2n) is 4.82. The number of esters is 1. The smallest absolute Gasteiger partial charge is 0.313 e. The Bertz CT molecular complexity index is 480. The van der Waals surface area contributed by atoms with Crippen molar-refractivity contribution in [2.24, 2.45) is 5.41 Å². The third-order valence-electron chi connectivity index (χ3n) is 3.42. The molecule has 1 atom stereocenters. The second-order valence-corrected chi connectivity index (χ2v) is 5.23. The van der Waals surface area contributed by atoms with Gasteiger partial charge in [0.2, 0.25) is 0 Å². The first kappa shape index (κ1) is 13.1. The van der Waals surface area contributed by atoms with Crippen LogP contribution in [0.1, 0.15) is 13.3 Å². The summed E-state index contributed by atoms with van der Waals surface area (Å²) in [7, 11) is 1.39. The first-order valence-electron chi connectivity index (χ1n) is 5.75. The Balaban J connectivity index is 2.18. The zero-order valence-electron chi connectivity index (χ0n) is 10.4. The molecule has 1 fully saturated rings. The van der Waals surface area contributed by atoms with E-state index in [-0.39, 0.29) is 11.0 Å². The van der Waals surface area contributed by atoms with Gasteiger partial charge in [0.15, 0.2) is 0 Å². The van der Waals surface area contributed by atoms with Crippen molar-refractivity contribution in [3.05, 3.63) is 29.0 Å². The summed E-state index contributed by atoms with van der Waals surface area (Å²) in [6.07, 6.45) is 0.698. The maximum absolute atomic E-state index is 13.4. The van der Waals surface area contributed by atoms with Gasteiger partial charge in [0.25, 0.3) is 0 Å². The fraction of sp³-hybridized carbons (Fsp3) is 0.462. The summed E-state index contributed by atoms with van der Waals surface area (Å²) in [5, 5.41) is 0.105. The van der Waals surface area contributed by atoms with Crippen LogP contribution in [0.15, 0.2) is 18.2 Å². The number of hydrogen-bond donors (Lipinski definition) is 0. The van der Waals surface area contributed by atoms with Crippen molar-refractivity contribution in [1.82, 2.24) is 0 Å². The molecule has 1 aliphatic heterocycles. The van der Waals surface area contributed by atoms with Crippen LogP contribution in [0.3, 0.4) is 0 Å². The summed E-state index contributed by atoms with van der Waals surface area (Å²) >= 11 is 5.65. The topological polar surface area (TPSA) is 29.5 Å². The van der Waals surface area contributed by atoms with E-state index in [1.807, 2.05) is 11.8 Å². The van der Waals surface area contributed by atoms with Gasteiger partial charge < -0.3 is 9.64 Å². The number of benzene rings is 1. The van der Waals surface area contributed by atoms with Crippen LogP contribution in [-0.4, -0.2) is 26.2 Å². The molecule has 98 valence electrons. The summed E-state index contributed by atoms with van der Waals surface area (Å²) in [6.45, 7) is 3.10. The predicted molar refractivity (Wildman–Crippen MR) is 68.4 cm³/mol. The highest BCUT2D eigenvalue weighted by Crippen LogP contribution is 2.35. The van der Waals surface area contributed by atoms with E-state index in [4.69, 9.17) is 16.3 Å². The monoisotopic (exact) mass is 271 g/mol. The number of anilines is 1. The molecule has 5 heteroatoms. The zero-order chi connectivity index (χ0) is 13.3. The van der Waals surface area contributed by atoms with E-state index in [2.05, 4.69) is 0 Å². The molecule has 1 aromatic rings. The van der Waals surface area contributed by atoms with Crippen molar-refractivity contribution in [2.75, 3.05) is 25.1 Å². The van der Waals surface area contributed by atoms with Crippen molar-refractivity contribution in [3.8, 4) is 0 Å². The van der Waals surface area contributed by atoms with Gasteiger partial charge in [-0.05, 0) is 31.5 Å². The van der Waals surface area contributed by atoms with Crippen LogP contribution in [0.5, 0.6) is 0 Å². The number of rotatable bonds is 2. The summed E-state index contributed by atoms with van der Waals surface area (Å²) in [5.41, 5.74) is 0.217. The molecule has 0 saturated carbocycles. The molecule has 0 radical (unpaired) electrons. The second kappa shape index (κ2) is 4.76. The van der Waals surface area contributed by atoms with E-state index < -0.39 is 11.2 Å². The van der Waals surface area contributed by atoms with E-state index in [0.717, 1.165) is 5.69 Å². The minimum atomic E-state index is -0.523. The van der Waals surface area contributed by atoms with Crippen molar-refractivity contribution in [2.45, 2.75) is 13.3 Å². The van der Waals surface area contributed by atoms with Gasteiger partial charge >= 0.3 is 5.97 Å². The molecule has 0 N–H and O–H groups in total. The van der Waals surface area contributed by atoms with E-state index in [9.17, 15) is 9.18 Å². The lowest BCUT2D eigenvalue weighted by atomic mass is 9.90. The molecule has 0 amide bonds. The molecule has 0 spiro atoms. The quantitative estimate of drug-likeness (QED) is 0.775. The van der Waals surface area contributed by atoms with Gasteiger partial charge in [0, 0.05) is 18.8 Å². The van der Waals surface area contributed by atoms with Crippen LogP contribution >= 0.6 is 11.6 Å². The summed E-state index contributed by atoms with van der Waals surface area (Å²) in [5.74, 6) is -0.666. The fourth-order valence-corrected chi connectivity index (χ4v) is 2.39. The number of carbonyl (C=O) groups excluding carboxylic acids is 1. The zero-order valence-corrected chi connectivity index (χ0v) is 11.1. The lowest BCUT2D eigenvalue weighted by Crippen LogP contribution is -2.32. The lowest BCUT2D eigenvalue weighted by molar-refractivity contribution is -0.150. The number of carbonyl (C=O) groups is 1. The first-order chi connectivity index (χ1) is 8.46. The van der Waals surface area contributed by atoms with Crippen LogP contribution in [0.2, 0.25) is 5.02 Å². The minimum Gasteiger partial charge on any atom is -0.469 e. The molecular weight excluding hydrogens is 257 g/mol. The Morgan fingerprint density at radius 1 is 1.56 bits per heavy atom. The lowest BCUT2D eigenvalue weighted by Gasteiger charge is -2.23. The molecule has 0 unspecified atom stereocenters. The molecule has 0 aliphatic carbocycles. The SMILES string of the molecule is COC(=O)[C@]1(C)CCN(c2ccc(Cl)c(F)c2)C1. The van der Waals surface area contributed by atoms with Gasteiger partial charge in [-0.25, -0.2) is 4.39 Å². The van der Waals surface area contributed by atoms with E-state index in [1.165, 1.54) is 19.2 Å². The summed E-state index contributed by atoms with van der Waals surface area (Å²) < 4.78 is 18.2. The Hall–Kier alpha value is -1.29. The number of ether oxygens (including phenoxy) is 1. The van der Waals surface area contributed by atoms with Gasteiger partial charge in [-0.1, -0.05) is 11.6 Å². The van der Waals surface area contributed by atoms with Gasteiger partial charge in [-0.15, -0.1) is 0 Å². The number of hydrogen-bond acceptors (Lipinski definition) is 3. The van der Waals surface area contributed by atoms with E-state index in [1.54, 1.807) is 6.07 Å². The van der Waals surface area contributed by atoms with Crippen LogP contribution in [0.4, 0.5) is 10.1 Å². The Labute approximate surface area is 110 Å². The van der Waals surface area contributed by atoms with Crippen LogP contribution in [-0.2, 0) is 9.53 Å². The molecule has 18 heavy (non-hydrogen) atoms. The normalized spacial score (nSPS) is 23.2. The molecule has 1 saturated heterocycles. The molecule has 0 bridgehead atoms. The average Bonchev–Trinajstić information content (AvgIpc) is 2.76. The van der Waals surface area contributed by atoms with Crippen LogP contribution in [0, 0.1) is 11.2 Å². The molecule has 0 aromatic heterocycles. The summed E-state index contributed by atoms with van der Waals surface area (Å²) in [6, 6.07) is 4.68. The van der Waals surface area contributed by atoms with Crippen molar-refractivity contribution < 1.29 is 13.9 Å². The number of methoxy groups -OCH3 is 1. The van der Waals surface area contributed by atoms with Gasteiger partial charge in [0.05, 0.1) is 17.5 Å². The van der Waals surface area contributed by atoms with E-state index in [0.29, 0.717) is 19.5 Å². The molecule has 1 heterocycles. The number of nitrogens with zero attached hydrogens (tertiary/aromatic N) is 1. The Morgan fingerprint density at radius 3 is 2.89 bits per heavy atom. The van der Waals surface area contributed by atoms with Gasteiger partial charge in [0.1, 0.15) is 5.82 Å². The first-order valence-corrected chi connectivity index (χ1v) is 6.12. The Kier molecular flexibility index (Phi) is 3.48. The third-order valence-corrected chi connectivity index (χ3v) is 3.73. The molecule has 1 aliphatic rings. The third kappa shape index (κ3) is 2.29. The minimum absolute atomic E-state index is 0.105. The van der Waals surface area contributed by atoms with Crippen LogP contribution in [0.25, 0.3) is 0 Å². The highest BCUT2D eigenvalue weighted by molar-refractivity contribution is 6.30. The fourth-order valence-electron chi connectivity index (χ4n) is 2.28. The van der Waals surface area contributed by atoms with Crippen molar-refractivity contribution >= 4 is 23.3 Å². The Morgan fingerprint density at radius 2 is 2.28 bits per heavy atom. The molecule has 2 rings (SSSR count). The maximum Gasteiger partial charge on any atom is 0.313 e. The van der Waals surface area contributed by atoms with Crippen LogP contribution < -0.4 is 4.90 Å². The maximum atomic E-state index is 13.4. The van der Waals surface area contributed by atoms with Gasteiger partial charge in [-0.2, -0.15) is 0 Å². The molecule has 1 aromatic carbocycles. The molecular formula is C13H15ClFNO2. The van der Waals surface area contributed by atoms with Crippen molar-refractivity contribution in [1.29, 1.82) is 0 Å². The van der Waals surface area contributed by atoms with Crippen molar-refractivity contribution in [3.63, 3.8) is 0 Å². The average molecular weight is 272 g/mol. The highest BCUT2D eigenvalue weighted by atomic mass is 35.5. The largest absolute Gasteiger partial charge is 0.469 e. The highest BCUT2D eigenvalue weighted by Gasteiger charge is 2.41. The van der Waals surface area contributed by atoms with Gasteiger partial charge in [-0.3, -0.25) is 4.79 Å². The van der Waals surface area contributed by atoms with E-state index >= 15 is 0 Å². The standard InChI is InChI=1S/C13H15ClFNO2/c1-13(12(17)18-2)5-6-16(8-13)9-3-4-10(14)11(15)7-9/h3-4,7H,5-6,8H2,1-2H3/t13-/m1/s1.